The van der Waals surface area contributed by atoms with Crippen LogP contribution < -0.4 is 11.3 Å². The lowest BCUT2D eigenvalue weighted by Gasteiger charge is -2.09. The zero-order chi connectivity index (χ0) is 19.5. The molecule has 5 heteroatoms. The first-order valence-electron chi connectivity index (χ1n) is 8.99. The Labute approximate surface area is 163 Å². The second kappa shape index (κ2) is 7.50. The number of nitrogens with one attached hydrogen (secondary N) is 1. The number of carbonyl (C=O) groups is 1. The summed E-state index contributed by atoms with van der Waals surface area (Å²) in [6.07, 6.45) is 0. The number of nitrogen functional groups attached to an aromatic ring is 1. The Morgan fingerprint density at radius 2 is 1.46 bits per heavy atom. The van der Waals surface area contributed by atoms with E-state index in [4.69, 9.17) is 5.84 Å². The Bertz CT molecular complexity index is 1100. The van der Waals surface area contributed by atoms with Gasteiger partial charge in [-0.1, -0.05) is 72.3 Å². The molecule has 5 nitrogen and oxygen atoms in total. The van der Waals surface area contributed by atoms with Crippen molar-refractivity contribution in [2.24, 2.45) is 5.84 Å². The van der Waals surface area contributed by atoms with E-state index in [0.717, 1.165) is 33.6 Å². The van der Waals surface area contributed by atoms with Gasteiger partial charge in [-0.15, -0.1) is 0 Å². The van der Waals surface area contributed by atoms with Gasteiger partial charge in [0.15, 0.2) is 5.69 Å². The Balaban J connectivity index is 1.78. The van der Waals surface area contributed by atoms with Gasteiger partial charge in [0, 0.05) is 5.56 Å². The molecule has 0 spiro atoms. The van der Waals surface area contributed by atoms with Gasteiger partial charge >= 0.3 is 0 Å². The van der Waals surface area contributed by atoms with Crippen LogP contribution in [0.3, 0.4) is 0 Å². The third kappa shape index (κ3) is 3.43. The van der Waals surface area contributed by atoms with Crippen molar-refractivity contribution in [2.45, 2.75) is 6.92 Å². The Morgan fingerprint density at radius 3 is 2.11 bits per heavy atom. The van der Waals surface area contributed by atoms with Gasteiger partial charge in [0.1, 0.15) is 0 Å². The van der Waals surface area contributed by atoms with Crippen LogP contribution >= 0.6 is 0 Å². The number of hydrogen-bond acceptors (Lipinski definition) is 3. The van der Waals surface area contributed by atoms with E-state index in [1.807, 2.05) is 61.5 Å². The fourth-order valence-corrected chi connectivity index (χ4v) is 3.12. The van der Waals surface area contributed by atoms with Crippen LogP contribution in [-0.2, 0) is 0 Å². The van der Waals surface area contributed by atoms with E-state index in [0.29, 0.717) is 0 Å². The normalized spacial score (nSPS) is 10.6. The molecule has 0 aliphatic heterocycles. The largest absolute Gasteiger partial charge is 0.289 e. The van der Waals surface area contributed by atoms with Crippen LogP contribution in [0.1, 0.15) is 16.1 Å². The summed E-state index contributed by atoms with van der Waals surface area (Å²) < 4.78 is 1.77. The lowest BCUT2D eigenvalue weighted by molar-refractivity contribution is 0.0948. The molecule has 3 N–H and O–H groups in total. The van der Waals surface area contributed by atoms with Gasteiger partial charge < -0.3 is 0 Å². The minimum absolute atomic E-state index is 0.269. The maximum absolute atomic E-state index is 12.0. The number of amides is 1. The maximum atomic E-state index is 12.0. The second-order valence-corrected chi connectivity index (χ2v) is 6.58. The van der Waals surface area contributed by atoms with Gasteiger partial charge in [0.05, 0.1) is 11.4 Å². The third-order valence-corrected chi connectivity index (χ3v) is 4.64. The summed E-state index contributed by atoms with van der Waals surface area (Å²) >= 11 is 0. The monoisotopic (exact) mass is 368 g/mol. The van der Waals surface area contributed by atoms with Gasteiger partial charge in [0.25, 0.3) is 5.91 Å². The predicted molar refractivity (Wildman–Crippen MR) is 111 cm³/mol. The number of hydrazine groups is 1. The molecule has 138 valence electrons. The van der Waals surface area contributed by atoms with Gasteiger partial charge in [0.2, 0.25) is 0 Å². The van der Waals surface area contributed by atoms with Crippen molar-refractivity contribution >= 4 is 5.91 Å². The zero-order valence-corrected chi connectivity index (χ0v) is 15.5. The van der Waals surface area contributed by atoms with Crippen molar-refractivity contribution in [3.63, 3.8) is 0 Å². The SMILES string of the molecule is Cc1ccc(-n2nc(C(=O)NN)cc2-c2ccc(-c3ccccc3)cc2)cc1. The minimum Gasteiger partial charge on any atom is -0.289 e. The third-order valence-electron chi connectivity index (χ3n) is 4.64. The van der Waals surface area contributed by atoms with Gasteiger partial charge in [-0.25, -0.2) is 10.5 Å². The standard InChI is InChI=1S/C23H20N4O/c1-16-7-13-20(14-8-16)27-22(15-21(26-27)23(28)25-24)19-11-9-18(10-12-19)17-5-3-2-4-6-17/h2-15H,24H2,1H3,(H,25,28). The van der Waals surface area contributed by atoms with Crippen LogP contribution in [0.4, 0.5) is 0 Å². The molecule has 1 amide bonds. The fourth-order valence-electron chi connectivity index (χ4n) is 3.12. The molecule has 1 aromatic heterocycles. The number of aryl methyl sites for hydroxylation is 1. The van der Waals surface area contributed by atoms with Crippen LogP contribution in [0.15, 0.2) is 84.9 Å². The summed E-state index contributed by atoms with van der Waals surface area (Å²) in [6, 6.07) is 28.2. The molecule has 0 atom stereocenters. The van der Waals surface area contributed by atoms with Crippen LogP contribution in [-0.4, -0.2) is 15.7 Å². The highest BCUT2D eigenvalue weighted by molar-refractivity contribution is 5.93. The fraction of sp³-hybridized carbons (Fsp3) is 0.0435. The van der Waals surface area contributed by atoms with Crippen LogP contribution in [0, 0.1) is 6.92 Å². The number of nitrogens with zero attached hydrogens (tertiary/aromatic N) is 2. The number of benzene rings is 3. The molecule has 3 aromatic carbocycles. The lowest BCUT2D eigenvalue weighted by Crippen LogP contribution is -2.30. The molecule has 4 rings (SSSR count). The smallest absolute Gasteiger partial charge is 0.285 e. The van der Waals surface area contributed by atoms with Crippen molar-refractivity contribution in [2.75, 3.05) is 0 Å². The molecule has 0 aliphatic rings. The lowest BCUT2D eigenvalue weighted by atomic mass is 10.0. The molecule has 4 aromatic rings. The van der Waals surface area contributed by atoms with Crippen LogP contribution in [0.5, 0.6) is 0 Å². The van der Waals surface area contributed by atoms with Crippen molar-refractivity contribution in [3.8, 4) is 28.1 Å². The Hall–Kier alpha value is -3.70. The van der Waals surface area contributed by atoms with Gasteiger partial charge in [-0.3, -0.25) is 10.2 Å². The molecule has 0 saturated carbocycles. The average Bonchev–Trinajstić information content (AvgIpc) is 3.20. The summed E-state index contributed by atoms with van der Waals surface area (Å²) in [5, 5.41) is 4.46. The van der Waals surface area contributed by atoms with E-state index in [9.17, 15) is 4.79 Å². The molecular weight excluding hydrogens is 348 g/mol. The summed E-state index contributed by atoms with van der Waals surface area (Å²) in [5.74, 6) is 4.87. The quantitative estimate of drug-likeness (QED) is 0.323. The summed E-state index contributed by atoms with van der Waals surface area (Å²) in [7, 11) is 0. The Kier molecular flexibility index (Phi) is 4.74. The average molecular weight is 368 g/mol. The van der Waals surface area contributed by atoms with Crippen molar-refractivity contribution < 1.29 is 4.79 Å². The number of nitrogens with two attached hydrogens (primary N) is 1. The molecule has 28 heavy (non-hydrogen) atoms. The van der Waals surface area contributed by atoms with E-state index in [2.05, 4.69) is 34.8 Å². The Morgan fingerprint density at radius 1 is 0.857 bits per heavy atom. The highest BCUT2D eigenvalue weighted by atomic mass is 16.2. The van der Waals surface area contributed by atoms with Gasteiger partial charge in [-0.2, -0.15) is 5.10 Å². The van der Waals surface area contributed by atoms with Gasteiger partial charge in [-0.05, 0) is 36.2 Å². The van der Waals surface area contributed by atoms with E-state index in [1.54, 1.807) is 10.7 Å². The number of aromatic nitrogens is 2. The first-order chi connectivity index (χ1) is 13.7. The van der Waals surface area contributed by atoms with Crippen LogP contribution in [0.2, 0.25) is 0 Å². The first kappa shape index (κ1) is 17.7. The van der Waals surface area contributed by atoms with E-state index in [1.165, 1.54) is 0 Å². The maximum Gasteiger partial charge on any atom is 0.285 e. The van der Waals surface area contributed by atoms with E-state index < -0.39 is 5.91 Å². The number of hydrogen-bond donors (Lipinski definition) is 2. The second-order valence-electron chi connectivity index (χ2n) is 6.58. The molecule has 0 saturated heterocycles. The topological polar surface area (TPSA) is 72.9 Å². The van der Waals surface area contributed by atoms with Crippen LogP contribution in [0.25, 0.3) is 28.1 Å². The number of carbonyl (C=O) groups excluding carboxylic acids is 1. The van der Waals surface area contributed by atoms with Crippen molar-refractivity contribution in [1.82, 2.24) is 15.2 Å². The first-order valence-corrected chi connectivity index (χ1v) is 8.99. The molecule has 1 heterocycles. The molecular formula is C23H20N4O. The predicted octanol–water partition coefficient (Wildman–Crippen LogP) is 4.12. The van der Waals surface area contributed by atoms with E-state index >= 15 is 0 Å². The number of rotatable bonds is 4. The molecule has 0 fully saturated rings. The summed E-state index contributed by atoms with van der Waals surface area (Å²) in [4.78, 5) is 12.0. The highest BCUT2D eigenvalue weighted by Crippen LogP contribution is 2.27. The molecule has 0 aliphatic carbocycles. The summed E-state index contributed by atoms with van der Waals surface area (Å²) in [5.41, 5.74) is 8.52. The summed E-state index contributed by atoms with van der Waals surface area (Å²) in [6.45, 7) is 2.03. The molecule has 0 radical (unpaired) electrons. The van der Waals surface area contributed by atoms with E-state index in [-0.39, 0.29) is 5.69 Å². The van der Waals surface area contributed by atoms with Crippen molar-refractivity contribution in [1.29, 1.82) is 0 Å². The van der Waals surface area contributed by atoms with Crippen molar-refractivity contribution in [3.05, 3.63) is 96.2 Å². The minimum atomic E-state index is -0.423. The molecule has 0 unspecified atom stereocenters. The molecule has 0 bridgehead atoms. The highest BCUT2D eigenvalue weighted by Gasteiger charge is 2.16. The zero-order valence-electron chi connectivity index (χ0n) is 15.5.